The number of hydrogen-bond donors (Lipinski definition) is 0. The fraction of sp³-hybridized carbons (Fsp3) is 0.533. The molecule has 2 nitrogen and oxygen atoms in total. The quantitative estimate of drug-likeness (QED) is 0.801. The maximum Gasteiger partial charge on any atom is 0.139 e. The zero-order valence-corrected chi connectivity index (χ0v) is 11.4. The van der Waals surface area contributed by atoms with Gasteiger partial charge in [0.1, 0.15) is 17.4 Å². The van der Waals surface area contributed by atoms with Crippen LogP contribution in [0, 0.1) is 17.2 Å². The molecular weight excluding hydrogens is 246 g/mol. The van der Waals surface area contributed by atoms with Crippen LogP contribution in [0.4, 0.5) is 0 Å². The summed E-state index contributed by atoms with van der Waals surface area (Å²) in [6.07, 6.45) is 6.12. The number of nitrogens with zero attached hydrogens (tertiary/aromatic N) is 1. The summed E-state index contributed by atoms with van der Waals surface area (Å²) in [7, 11) is 0. The van der Waals surface area contributed by atoms with E-state index in [1.54, 1.807) is 6.07 Å². The molecule has 0 amide bonds. The average Bonchev–Trinajstić information content (AvgIpc) is 2.39. The molecule has 1 fully saturated rings. The van der Waals surface area contributed by atoms with Crippen LogP contribution in [0.3, 0.4) is 0 Å². The average molecular weight is 264 g/mol. The number of ether oxygens (including phenoxy) is 1. The largest absolute Gasteiger partial charge is 0.489 e. The zero-order chi connectivity index (χ0) is 13.0. The predicted octanol–water partition coefficient (Wildman–Crippen LogP) is 4.56. The second kappa shape index (κ2) is 6.11. The van der Waals surface area contributed by atoms with E-state index >= 15 is 0 Å². The van der Waals surface area contributed by atoms with Crippen LogP contribution in [0.5, 0.6) is 5.75 Å². The molecule has 2 unspecified atom stereocenters. The molecule has 2 atom stereocenters. The van der Waals surface area contributed by atoms with E-state index < -0.39 is 0 Å². The molecular formula is C15H18ClNO. The normalized spacial score (nSPS) is 23.4. The van der Waals surface area contributed by atoms with Crippen molar-refractivity contribution in [3.8, 4) is 11.8 Å². The minimum absolute atomic E-state index is 0.231. The molecule has 0 N–H and O–H groups in total. The number of hydrogen-bond acceptors (Lipinski definition) is 2. The Bertz CT molecular complexity index is 452. The Morgan fingerprint density at radius 1 is 1.44 bits per heavy atom. The van der Waals surface area contributed by atoms with Crippen molar-refractivity contribution in [2.24, 2.45) is 5.92 Å². The molecule has 1 aromatic rings. The number of nitriles is 1. The molecule has 0 heterocycles. The first-order valence-corrected chi connectivity index (χ1v) is 6.97. The number of rotatable bonds is 3. The van der Waals surface area contributed by atoms with E-state index in [1.807, 2.05) is 12.1 Å². The van der Waals surface area contributed by atoms with Gasteiger partial charge in [-0.25, -0.2) is 0 Å². The standard InChI is InChI=1S/C15H18ClNO/c1-2-11-5-3-6-12(9-11)18-15-8-4-7-14(16)13(15)10-17/h4,7-8,11-12H,2-3,5-6,9H2,1H3. The molecule has 1 aromatic carbocycles. The third-order valence-electron chi connectivity index (χ3n) is 3.69. The molecule has 3 heteroatoms. The van der Waals surface area contributed by atoms with Crippen LogP contribution < -0.4 is 4.74 Å². The summed E-state index contributed by atoms with van der Waals surface area (Å²) in [6, 6.07) is 7.51. The minimum atomic E-state index is 0.231. The Hall–Kier alpha value is -1.20. The lowest BCUT2D eigenvalue weighted by atomic mass is 9.85. The smallest absolute Gasteiger partial charge is 0.139 e. The van der Waals surface area contributed by atoms with Gasteiger partial charge in [-0.3, -0.25) is 0 Å². The van der Waals surface area contributed by atoms with Crippen molar-refractivity contribution in [3.05, 3.63) is 28.8 Å². The molecule has 0 saturated heterocycles. The number of halogens is 1. The fourth-order valence-electron chi connectivity index (χ4n) is 2.61. The second-order valence-electron chi connectivity index (χ2n) is 4.91. The van der Waals surface area contributed by atoms with Gasteiger partial charge >= 0.3 is 0 Å². The zero-order valence-electron chi connectivity index (χ0n) is 10.7. The van der Waals surface area contributed by atoms with Crippen LogP contribution in [-0.2, 0) is 0 Å². The van der Waals surface area contributed by atoms with Crippen LogP contribution in [0.25, 0.3) is 0 Å². The van der Waals surface area contributed by atoms with E-state index in [2.05, 4.69) is 13.0 Å². The van der Waals surface area contributed by atoms with Crippen molar-refractivity contribution in [1.29, 1.82) is 5.26 Å². The third kappa shape index (κ3) is 2.97. The third-order valence-corrected chi connectivity index (χ3v) is 4.01. The maximum absolute atomic E-state index is 9.11. The van der Waals surface area contributed by atoms with Gasteiger partial charge in [0.2, 0.25) is 0 Å². The SMILES string of the molecule is CCC1CCCC(Oc2cccc(Cl)c2C#N)C1. The first-order chi connectivity index (χ1) is 8.74. The monoisotopic (exact) mass is 263 g/mol. The van der Waals surface area contributed by atoms with Crippen molar-refractivity contribution in [2.45, 2.75) is 45.1 Å². The lowest BCUT2D eigenvalue weighted by Gasteiger charge is -2.29. The van der Waals surface area contributed by atoms with Crippen LogP contribution in [0.15, 0.2) is 18.2 Å². The van der Waals surface area contributed by atoms with Gasteiger partial charge in [-0.05, 0) is 37.3 Å². The summed E-state index contributed by atoms with van der Waals surface area (Å²) < 4.78 is 5.98. The van der Waals surface area contributed by atoms with Gasteiger partial charge in [-0.2, -0.15) is 5.26 Å². The highest BCUT2D eigenvalue weighted by molar-refractivity contribution is 6.31. The Labute approximate surface area is 114 Å². The lowest BCUT2D eigenvalue weighted by molar-refractivity contribution is 0.122. The summed E-state index contributed by atoms with van der Waals surface area (Å²) in [6.45, 7) is 2.23. The summed E-state index contributed by atoms with van der Waals surface area (Å²) in [4.78, 5) is 0. The van der Waals surface area contributed by atoms with Gasteiger partial charge in [-0.1, -0.05) is 37.4 Å². The molecule has 2 rings (SSSR count). The van der Waals surface area contributed by atoms with Crippen LogP contribution in [0.1, 0.15) is 44.6 Å². The molecule has 1 aliphatic carbocycles. The number of benzene rings is 1. The Morgan fingerprint density at radius 2 is 2.28 bits per heavy atom. The molecule has 18 heavy (non-hydrogen) atoms. The molecule has 0 bridgehead atoms. The van der Waals surface area contributed by atoms with Crippen molar-refractivity contribution in [1.82, 2.24) is 0 Å². The molecule has 0 spiro atoms. The van der Waals surface area contributed by atoms with E-state index in [9.17, 15) is 0 Å². The molecule has 1 aliphatic rings. The van der Waals surface area contributed by atoms with Crippen LogP contribution in [-0.4, -0.2) is 6.10 Å². The first-order valence-electron chi connectivity index (χ1n) is 6.59. The topological polar surface area (TPSA) is 33.0 Å². The first kappa shape index (κ1) is 13.2. The van der Waals surface area contributed by atoms with E-state index in [-0.39, 0.29) is 6.10 Å². The predicted molar refractivity (Wildman–Crippen MR) is 72.8 cm³/mol. The Kier molecular flexibility index (Phi) is 4.49. The van der Waals surface area contributed by atoms with Crippen LogP contribution >= 0.6 is 11.6 Å². The Morgan fingerprint density at radius 3 is 3.00 bits per heavy atom. The van der Waals surface area contributed by atoms with Gasteiger partial charge in [0.25, 0.3) is 0 Å². The van der Waals surface area contributed by atoms with E-state index in [0.29, 0.717) is 16.3 Å². The maximum atomic E-state index is 9.11. The molecule has 0 aromatic heterocycles. The van der Waals surface area contributed by atoms with Gasteiger partial charge in [-0.15, -0.1) is 0 Å². The van der Waals surface area contributed by atoms with Crippen molar-refractivity contribution >= 4 is 11.6 Å². The van der Waals surface area contributed by atoms with Gasteiger partial charge in [0, 0.05) is 0 Å². The molecule has 96 valence electrons. The summed E-state index contributed by atoms with van der Waals surface area (Å²) in [5.74, 6) is 1.39. The van der Waals surface area contributed by atoms with E-state index in [1.165, 1.54) is 19.3 Å². The Balaban J connectivity index is 2.10. The summed E-state index contributed by atoms with van der Waals surface area (Å²) >= 11 is 6.00. The lowest BCUT2D eigenvalue weighted by Crippen LogP contribution is -2.25. The molecule has 0 radical (unpaired) electrons. The highest BCUT2D eigenvalue weighted by Gasteiger charge is 2.23. The molecule has 1 saturated carbocycles. The fourth-order valence-corrected chi connectivity index (χ4v) is 2.82. The van der Waals surface area contributed by atoms with Gasteiger partial charge in [0.05, 0.1) is 11.1 Å². The summed E-state index contributed by atoms with van der Waals surface area (Å²) in [5.41, 5.74) is 0.456. The van der Waals surface area contributed by atoms with Gasteiger partial charge in [0.15, 0.2) is 0 Å². The minimum Gasteiger partial charge on any atom is -0.489 e. The van der Waals surface area contributed by atoms with Crippen molar-refractivity contribution in [3.63, 3.8) is 0 Å². The summed E-state index contributed by atoms with van der Waals surface area (Å²) in [5, 5.41) is 9.58. The van der Waals surface area contributed by atoms with Crippen molar-refractivity contribution < 1.29 is 4.74 Å². The highest BCUT2D eigenvalue weighted by Crippen LogP contribution is 2.32. The van der Waals surface area contributed by atoms with Crippen LogP contribution in [0.2, 0.25) is 5.02 Å². The van der Waals surface area contributed by atoms with Gasteiger partial charge < -0.3 is 4.74 Å². The highest BCUT2D eigenvalue weighted by atomic mass is 35.5. The molecule has 0 aliphatic heterocycles. The van der Waals surface area contributed by atoms with E-state index in [0.717, 1.165) is 18.8 Å². The second-order valence-corrected chi connectivity index (χ2v) is 5.31. The van der Waals surface area contributed by atoms with E-state index in [4.69, 9.17) is 21.6 Å². The van der Waals surface area contributed by atoms with Crippen molar-refractivity contribution in [2.75, 3.05) is 0 Å².